The van der Waals surface area contributed by atoms with Gasteiger partial charge in [0.05, 0.1) is 5.92 Å². The summed E-state index contributed by atoms with van der Waals surface area (Å²) in [6, 6.07) is 0. The van der Waals surface area contributed by atoms with Crippen molar-refractivity contribution in [1.82, 2.24) is 0 Å². The summed E-state index contributed by atoms with van der Waals surface area (Å²) >= 11 is 0. The van der Waals surface area contributed by atoms with Gasteiger partial charge in [0.1, 0.15) is 0 Å². The van der Waals surface area contributed by atoms with Gasteiger partial charge in [-0.05, 0) is 31.1 Å². The second-order valence-corrected chi connectivity index (χ2v) is 5.54. The van der Waals surface area contributed by atoms with Crippen LogP contribution in [0.2, 0.25) is 0 Å². The summed E-state index contributed by atoms with van der Waals surface area (Å²) < 4.78 is 0. The first-order valence-corrected chi connectivity index (χ1v) is 6.52. The Morgan fingerprint density at radius 3 is 2.94 bits per heavy atom. The molecule has 0 aromatic heterocycles. The normalized spacial score (nSPS) is 42.8. The number of rotatable bonds is 2. The summed E-state index contributed by atoms with van der Waals surface area (Å²) in [5.41, 5.74) is -0.0295. The van der Waals surface area contributed by atoms with Gasteiger partial charge in [-0.15, -0.1) is 0 Å². The van der Waals surface area contributed by atoms with Crippen LogP contribution in [0.25, 0.3) is 0 Å². The summed E-state index contributed by atoms with van der Waals surface area (Å²) in [7, 11) is 0. The zero-order valence-corrected chi connectivity index (χ0v) is 10.3. The molecule has 2 heteroatoms. The van der Waals surface area contributed by atoms with Gasteiger partial charge in [-0.25, -0.2) is 0 Å². The first kappa shape index (κ1) is 11.7. The number of carboxylic acids is 1. The third-order valence-electron chi connectivity index (χ3n) is 4.77. The molecule has 90 valence electrons. The van der Waals surface area contributed by atoms with Crippen molar-refractivity contribution in [2.24, 2.45) is 23.2 Å². The average molecular weight is 222 g/mol. The maximum absolute atomic E-state index is 11.6. The summed E-state index contributed by atoms with van der Waals surface area (Å²) in [6.07, 6.45) is 9.97. The molecular formula is C14H22O2. The Kier molecular flexibility index (Phi) is 3.09. The van der Waals surface area contributed by atoms with Gasteiger partial charge in [0.25, 0.3) is 0 Å². The minimum atomic E-state index is -0.586. The van der Waals surface area contributed by atoms with E-state index >= 15 is 0 Å². The Hall–Kier alpha value is -0.790. The number of carboxylic acid groups (broad SMARTS) is 1. The number of allylic oxidation sites excluding steroid dienone is 2. The third kappa shape index (κ3) is 1.59. The van der Waals surface area contributed by atoms with Crippen molar-refractivity contribution in [2.45, 2.75) is 46.0 Å². The summed E-state index contributed by atoms with van der Waals surface area (Å²) in [6.45, 7) is 4.29. The van der Waals surface area contributed by atoms with Crippen LogP contribution in [0.1, 0.15) is 46.0 Å². The van der Waals surface area contributed by atoms with E-state index in [1.54, 1.807) is 0 Å². The Morgan fingerprint density at radius 1 is 1.56 bits per heavy atom. The maximum atomic E-state index is 11.6. The molecule has 2 nitrogen and oxygen atoms in total. The lowest BCUT2D eigenvalue weighted by Crippen LogP contribution is -2.43. The molecule has 1 N–H and O–H groups in total. The minimum Gasteiger partial charge on any atom is -0.481 e. The Bertz CT molecular complexity index is 308. The van der Waals surface area contributed by atoms with Crippen LogP contribution in [0, 0.1) is 23.2 Å². The molecule has 0 aromatic rings. The van der Waals surface area contributed by atoms with E-state index in [9.17, 15) is 9.90 Å². The van der Waals surface area contributed by atoms with Gasteiger partial charge in [0.15, 0.2) is 0 Å². The smallest absolute Gasteiger partial charge is 0.307 e. The third-order valence-corrected chi connectivity index (χ3v) is 4.77. The molecular weight excluding hydrogens is 200 g/mol. The molecule has 0 aliphatic heterocycles. The molecule has 2 rings (SSSR count). The van der Waals surface area contributed by atoms with E-state index in [1.165, 1.54) is 12.8 Å². The van der Waals surface area contributed by atoms with Gasteiger partial charge < -0.3 is 5.11 Å². The van der Waals surface area contributed by atoms with E-state index in [-0.39, 0.29) is 17.3 Å². The Labute approximate surface area is 97.7 Å². The first-order valence-electron chi connectivity index (χ1n) is 6.52. The quantitative estimate of drug-likeness (QED) is 0.726. The van der Waals surface area contributed by atoms with Gasteiger partial charge in [-0.2, -0.15) is 0 Å². The van der Waals surface area contributed by atoms with Crippen molar-refractivity contribution in [1.29, 1.82) is 0 Å². The molecule has 1 spiro atoms. The van der Waals surface area contributed by atoms with Crippen LogP contribution in [0.3, 0.4) is 0 Å². The molecule has 2 aliphatic carbocycles. The van der Waals surface area contributed by atoms with Crippen LogP contribution in [0.5, 0.6) is 0 Å². The van der Waals surface area contributed by atoms with Crippen LogP contribution in [0.15, 0.2) is 12.2 Å². The minimum absolute atomic E-state index is 0.0295. The highest BCUT2D eigenvalue weighted by Crippen LogP contribution is 2.55. The van der Waals surface area contributed by atoms with E-state index in [1.807, 2.05) is 0 Å². The summed E-state index contributed by atoms with van der Waals surface area (Å²) in [4.78, 5) is 11.6. The molecule has 1 fully saturated rings. The molecule has 4 atom stereocenters. The van der Waals surface area contributed by atoms with Gasteiger partial charge in [-0.3, -0.25) is 4.79 Å². The second-order valence-electron chi connectivity index (χ2n) is 5.54. The fourth-order valence-corrected chi connectivity index (χ4v) is 4.09. The summed E-state index contributed by atoms with van der Waals surface area (Å²) in [5.74, 6) is 0.115. The van der Waals surface area contributed by atoms with Gasteiger partial charge in [0, 0.05) is 5.41 Å². The van der Waals surface area contributed by atoms with Crippen molar-refractivity contribution in [2.75, 3.05) is 0 Å². The number of aliphatic carboxylic acids is 1. The molecule has 16 heavy (non-hydrogen) atoms. The van der Waals surface area contributed by atoms with E-state index in [0.717, 1.165) is 19.3 Å². The van der Waals surface area contributed by atoms with Crippen LogP contribution >= 0.6 is 0 Å². The van der Waals surface area contributed by atoms with E-state index in [0.29, 0.717) is 5.92 Å². The molecule has 0 saturated heterocycles. The van der Waals surface area contributed by atoms with E-state index in [2.05, 4.69) is 26.0 Å². The molecule has 0 amide bonds. The van der Waals surface area contributed by atoms with Crippen LogP contribution in [-0.4, -0.2) is 11.1 Å². The predicted octanol–water partition coefficient (Wildman–Crippen LogP) is 3.48. The molecule has 0 bridgehead atoms. The Morgan fingerprint density at radius 2 is 2.31 bits per heavy atom. The topological polar surface area (TPSA) is 37.3 Å². The van der Waals surface area contributed by atoms with Crippen LogP contribution in [-0.2, 0) is 4.79 Å². The van der Waals surface area contributed by atoms with Crippen LogP contribution < -0.4 is 0 Å². The van der Waals surface area contributed by atoms with Crippen LogP contribution in [0.4, 0.5) is 0 Å². The predicted molar refractivity (Wildman–Crippen MR) is 64.1 cm³/mol. The standard InChI is InChI=1S/C14H22O2/c1-3-11-7-5-9-14(11)8-4-6-10(2)12(14)13(15)16/h4,8,10-12H,3,5-7,9H2,1-2H3,(H,15,16). The SMILES string of the molecule is CCC1CCCC12C=CCC(C)C2C(=O)O. The lowest BCUT2D eigenvalue weighted by Gasteiger charge is -2.43. The molecule has 0 aromatic carbocycles. The highest BCUT2D eigenvalue weighted by molar-refractivity contribution is 5.72. The lowest BCUT2D eigenvalue weighted by molar-refractivity contribution is -0.149. The zero-order valence-electron chi connectivity index (χ0n) is 10.3. The highest BCUT2D eigenvalue weighted by atomic mass is 16.4. The molecule has 0 radical (unpaired) electrons. The van der Waals surface area contributed by atoms with E-state index in [4.69, 9.17) is 0 Å². The van der Waals surface area contributed by atoms with Crippen molar-refractivity contribution < 1.29 is 9.90 Å². The molecule has 1 saturated carbocycles. The van der Waals surface area contributed by atoms with Gasteiger partial charge in [-0.1, -0.05) is 38.8 Å². The fourth-order valence-electron chi connectivity index (χ4n) is 4.09. The fraction of sp³-hybridized carbons (Fsp3) is 0.786. The number of hydrogen-bond acceptors (Lipinski definition) is 1. The largest absolute Gasteiger partial charge is 0.481 e. The Balaban J connectivity index is 2.38. The van der Waals surface area contributed by atoms with Crippen molar-refractivity contribution >= 4 is 5.97 Å². The first-order chi connectivity index (χ1) is 7.62. The summed E-state index contributed by atoms with van der Waals surface area (Å²) in [5, 5.41) is 9.51. The lowest BCUT2D eigenvalue weighted by atomic mass is 9.60. The maximum Gasteiger partial charge on any atom is 0.307 e. The van der Waals surface area contributed by atoms with E-state index < -0.39 is 5.97 Å². The van der Waals surface area contributed by atoms with Crippen molar-refractivity contribution in [3.63, 3.8) is 0 Å². The average Bonchev–Trinajstić information content (AvgIpc) is 2.60. The van der Waals surface area contributed by atoms with Gasteiger partial charge in [0.2, 0.25) is 0 Å². The number of carbonyl (C=O) groups is 1. The second kappa shape index (κ2) is 4.23. The molecule has 4 unspecified atom stereocenters. The highest BCUT2D eigenvalue weighted by Gasteiger charge is 2.51. The monoisotopic (exact) mass is 222 g/mol. The zero-order chi connectivity index (χ0) is 11.8. The number of hydrogen-bond donors (Lipinski definition) is 1. The van der Waals surface area contributed by atoms with Crippen molar-refractivity contribution in [3.8, 4) is 0 Å². The van der Waals surface area contributed by atoms with Crippen molar-refractivity contribution in [3.05, 3.63) is 12.2 Å². The molecule has 0 heterocycles. The van der Waals surface area contributed by atoms with Gasteiger partial charge >= 0.3 is 5.97 Å². The molecule has 2 aliphatic rings.